The van der Waals surface area contributed by atoms with E-state index in [9.17, 15) is 24.5 Å². The summed E-state index contributed by atoms with van der Waals surface area (Å²) in [7, 11) is 0. The Morgan fingerprint density at radius 3 is 2.04 bits per heavy atom. The molecule has 2 aromatic carbocycles. The number of nitro groups is 1. The number of hydrogen-bond donors (Lipinski definition) is 3. The van der Waals surface area contributed by atoms with Crippen LogP contribution in [0.4, 0.5) is 11.4 Å². The first-order chi connectivity index (χ1) is 11.3. The van der Waals surface area contributed by atoms with Crippen molar-refractivity contribution in [3.05, 3.63) is 69.3 Å². The molecule has 0 heterocycles. The van der Waals surface area contributed by atoms with E-state index in [0.29, 0.717) is 0 Å². The number of carbonyl (C=O) groups is 3. The molecule has 0 aliphatic heterocycles. The van der Waals surface area contributed by atoms with Gasteiger partial charge < -0.3 is 15.5 Å². The first-order valence-electron chi connectivity index (χ1n) is 6.46. The lowest BCUT2D eigenvalue weighted by Crippen LogP contribution is -2.17. The van der Waals surface area contributed by atoms with Gasteiger partial charge in [0.25, 0.3) is 11.6 Å². The predicted octanol–water partition coefficient (Wildman–Crippen LogP) is 2.24. The zero-order valence-electron chi connectivity index (χ0n) is 11.9. The molecule has 0 saturated heterocycles. The van der Waals surface area contributed by atoms with Crippen LogP contribution in [0.1, 0.15) is 31.1 Å². The van der Waals surface area contributed by atoms with Crippen LogP contribution in [0.15, 0.2) is 42.5 Å². The summed E-state index contributed by atoms with van der Waals surface area (Å²) in [5.74, 6) is -3.54. The Labute approximate surface area is 134 Å². The highest BCUT2D eigenvalue weighted by atomic mass is 16.6. The molecule has 24 heavy (non-hydrogen) atoms. The maximum atomic E-state index is 12.2. The summed E-state index contributed by atoms with van der Waals surface area (Å²) in [4.78, 5) is 44.3. The Balaban J connectivity index is 2.34. The molecule has 1 amide bonds. The van der Waals surface area contributed by atoms with Gasteiger partial charge in [-0.15, -0.1) is 0 Å². The number of anilines is 1. The monoisotopic (exact) mass is 330 g/mol. The summed E-state index contributed by atoms with van der Waals surface area (Å²) in [5.41, 5.74) is -0.913. The number of carboxylic acids is 2. The molecule has 0 aromatic heterocycles. The quantitative estimate of drug-likeness (QED) is 0.562. The summed E-state index contributed by atoms with van der Waals surface area (Å²) < 4.78 is 0. The van der Waals surface area contributed by atoms with Gasteiger partial charge in [-0.05, 0) is 30.3 Å². The van der Waals surface area contributed by atoms with Gasteiger partial charge in [-0.25, -0.2) is 9.59 Å². The number of carbonyl (C=O) groups excluding carboxylic acids is 1. The van der Waals surface area contributed by atoms with Gasteiger partial charge in [-0.2, -0.15) is 0 Å². The van der Waals surface area contributed by atoms with Crippen molar-refractivity contribution in [3.63, 3.8) is 0 Å². The SMILES string of the molecule is O=C(O)c1ccc(C(=O)O)c(C(=O)Nc2ccc([N+](=O)[O-])cc2)c1. The number of nitrogens with one attached hydrogen (secondary N) is 1. The minimum atomic E-state index is -1.39. The van der Waals surface area contributed by atoms with Gasteiger partial charge in [0.2, 0.25) is 0 Å². The molecule has 0 aliphatic rings. The molecule has 0 spiro atoms. The van der Waals surface area contributed by atoms with Gasteiger partial charge in [-0.3, -0.25) is 14.9 Å². The molecule has 9 nitrogen and oxygen atoms in total. The van der Waals surface area contributed by atoms with E-state index >= 15 is 0 Å². The number of benzene rings is 2. The van der Waals surface area contributed by atoms with E-state index in [0.717, 1.165) is 18.2 Å². The van der Waals surface area contributed by atoms with Crippen molar-refractivity contribution < 1.29 is 29.5 Å². The van der Waals surface area contributed by atoms with E-state index in [1.807, 2.05) is 0 Å². The molecule has 0 aliphatic carbocycles. The van der Waals surface area contributed by atoms with Crippen molar-refractivity contribution in [2.75, 3.05) is 5.32 Å². The molecular weight excluding hydrogens is 320 g/mol. The fourth-order valence-corrected chi connectivity index (χ4v) is 1.92. The van der Waals surface area contributed by atoms with Crippen LogP contribution < -0.4 is 5.32 Å². The number of nitrogens with zero attached hydrogens (tertiary/aromatic N) is 1. The molecule has 122 valence electrons. The molecule has 0 atom stereocenters. The van der Waals surface area contributed by atoms with Crippen molar-refractivity contribution >= 4 is 29.2 Å². The van der Waals surface area contributed by atoms with Crippen molar-refractivity contribution in [2.45, 2.75) is 0 Å². The van der Waals surface area contributed by atoms with Gasteiger partial charge in [0.15, 0.2) is 0 Å². The first-order valence-corrected chi connectivity index (χ1v) is 6.46. The molecule has 0 bridgehead atoms. The first kappa shape index (κ1) is 16.6. The van der Waals surface area contributed by atoms with E-state index in [1.165, 1.54) is 24.3 Å². The van der Waals surface area contributed by atoms with Crippen LogP contribution in [-0.4, -0.2) is 33.0 Å². The Kier molecular flexibility index (Phi) is 4.55. The van der Waals surface area contributed by atoms with E-state index < -0.39 is 22.8 Å². The van der Waals surface area contributed by atoms with Crippen LogP contribution in [0.2, 0.25) is 0 Å². The summed E-state index contributed by atoms with van der Waals surface area (Å²) in [5, 5.41) is 31.0. The van der Waals surface area contributed by atoms with E-state index in [1.54, 1.807) is 0 Å². The highest BCUT2D eigenvalue weighted by Gasteiger charge is 2.19. The van der Waals surface area contributed by atoms with Crippen LogP contribution >= 0.6 is 0 Å². The van der Waals surface area contributed by atoms with Crippen LogP contribution in [0.5, 0.6) is 0 Å². The Bertz CT molecular complexity index is 843. The zero-order valence-corrected chi connectivity index (χ0v) is 11.9. The lowest BCUT2D eigenvalue weighted by atomic mass is 10.0. The van der Waals surface area contributed by atoms with E-state index in [-0.39, 0.29) is 28.1 Å². The van der Waals surface area contributed by atoms with Crippen molar-refractivity contribution in [2.24, 2.45) is 0 Å². The van der Waals surface area contributed by atoms with Crippen molar-refractivity contribution in [1.29, 1.82) is 0 Å². The minimum Gasteiger partial charge on any atom is -0.478 e. The van der Waals surface area contributed by atoms with Crippen LogP contribution in [0.3, 0.4) is 0 Å². The third-order valence-corrected chi connectivity index (χ3v) is 3.08. The second-order valence-corrected chi connectivity index (χ2v) is 4.63. The highest BCUT2D eigenvalue weighted by molar-refractivity contribution is 6.11. The number of rotatable bonds is 5. The van der Waals surface area contributed by atoms with Gasteiger partial charge in [0, 0.05) is 17.8 Å². The molecule has 0 fully saturated rings. The highest BCUT2D eigenvalue weighted by Crippen LogP contribution is 2.18. The largest absolute Gasteiger partial charge is 0.478 e. The van der Waals surface area contributed by atoms with E-state index in [2.05, 4.69) is 5.32 Å². The lowest BCUT2D eigenvalue weighted by molar-refractivity contribution is -0.384. The fraction of sp³-hybridized carbons (Fsp3) is 0. The minimum absolute atomic E-state index is 0.174. The Morgan fingerprint density at radius 1 is 0.917 bits per heavy atom. The molecule has 3 N–H and O–H groups in total. The average molecular weight is 330 g/mol. The number of nitro benzene ring substituents is 1. The van der Waals surface area contributed by atoms with Crippen LogP contribution in [0, 0.1) is 10.1 Å². The fourth-order valence-electron chi connectivity index (χ4n) is 1.92. The van der Waals surface area contributed by atoms with Crippen molar-refractivity contribution in [3.8, 4) is 0 Å². The summed E-state index contributed by atoms with van der Waals surface area (Å²) in [6.45, 7) is 0. The topological polar surface area (TPSA) is 147 Å². The maximum Gasteiger partial charge on any atom is 0.336 e. The summed E-state index contributed by atoms with van der Waals surface area (Å²) >= 11 is 0. The number of amides is 1. The van der Waals surface area contributed by atoms with Gasteiger partial charge >= 0.3 is 11.9 Å². The van der Waals surface area contributed by atoms with Gasteiger partial charge in [0.1, 0.15) is 0 Å². The molecule has 0 radical (unpaired) electrons. The molecule has 2 aromatic rings. The predicted molar refractivity (Wildman–Crippen MR) is 81.4 cm³/mol. The number of non-ortho nitro benzene ring substituents is 1. The van der Waals surface area contributed by atoms with Gasteiger partial charge in [-0.1, -0.05) is 0 Å². The standard InChI is InChI=1S/C15H10N2O7/c18-13(16-9-2-4-10(5-3-9)17(23)24)12-7-8(14(19)20)1-6-11(12)15(21)22/h1-7H,(H,16,18)(H,19,20)(H,21,22). The number of aromatic carboxylic acids is 2. The molecule has 0 unspecified atom stereocenters. The molecule has 0 saturated carbocycles. The number of hydrogen-bond acceptors (Lipinski definition) is 5. The van der Waals surface area contributed by atoms with Crippen LogP contribution in [0.25, 0.3) is 0 Å². The van der Waals surface area contributed by atoms with Crippen LogP contribution in [-0.2, 0) is 0 Å². The van der Waals surface area contributed by atoms with Gasteiger partial charge in [0.05, 0.1) is 21.6 Å². The molecule has 2 rings (SSSR count). The Morgan fingerprint density at radius 2 is 1.54 bits per heavy atom. The molecular formula is C15H10N2O7. The zero-order chi connectivity index (χ0) is 17.9. The third kappa shape index (κ3) is 3.53. The molecule has 9 heteroatoms. The van der Waals surface area contributed by atoms with Crippen molar-refractivity contribution in [1.82, 2.24) is 0 Å². The summed E-state index contributed by atoms with van der Waals surface area (Å²) in [6, 6.07) is 7.94. The maximum absolute atomic E-state index is 12.2. The smallest absolute Gasteiger partial charge is 0.336 e. The normalized spacial score (nSPS) is 10.0. The third-order valence-electron chi connectivity index (χ3n) is 3.08. The second-order valence-electron chi connectivity index (χ2n) is 4.63. The number of carboxylic acid groups (broad SMARTS) is 2. The Hall–Kier alpha value is -3.75. The lowest BCUT2D eigenvalue weighted by Gasteiger charge is -2.09. The summed E-state index contributed by atoms with van der Waals surface area (Å²) in [6.07, 6.45) is 0. The average Bonchev–Trinajstić information content (AvgIpc) is 2.54. The second kappa shape index (κ2) is 6.57. The van der Waals surface area contributed by atoms with E-state index in [4.69, 9.17) is 10.2 Å².